The molecule has 10 heavy (non-hydrogen) atoms. The lowest BCUT2D eigenvalue weighted by molar-refractivity contribution is -0.146. The molecule has 5 heteroatoms. The third-order valence-electron chi connectivity index (χ3n) is 1.24. The van der Waals surface area contributed by atoms with Crippen LogP contribution in [-0.2, 0) is 4.79 Å². The lowest BCUT2D eigenvalue weighted by atomic mass is 9.97. The van der Waals surface area contributed by atoms with Crippen LogP contribution in [0, 0.1) is 5.41 Å². The van der Waals surface area contributed by atoms with Crippen molar-refractivity contribution in [2.45, 2.75) is 16.0 Å². The molecule has 0 saturated heterocycles. The standard InChI is InChI=1S/C5H7Br3O2/c1-4(2,3(9)10)5(6,7)8/h1-2H3,(H,9,10). The molecule has 0 aromatic rings. The van der Waals surface area contributed by atoms with Crippen molar-refractivity contribution >= 4 is 53.8 Å². The second-order valence-electron chi connectivity index (χ2n) is 2.43. The van der Waals surface area contributed by atoms with Gasteiger partial charge in [0.2, 0.25) is 0 Å². The Labute approximate surface area is 84.8 Å². The largest absolute Gasteiger partial charge is 0.481 e. The number of carboxylic acid groups (broad SMARTS) is 1. The number of hydrogen-bond donors (Lipinski definition) is 1. The van der Waals surface area contributed by atoms with E-state index in [0.29, 0.717) is 0 Å². The summed E-state index contributed by atoms with van der Waals surface area (Å²) in [6, 6.07) is 0. The molecule has 0 saturated carbocycles. The highest BCUT2D eigenvalue weighted by Gasteiger charge is 2.45. The minimum atomic E-state index is -0.896. The molecule has 0 fully saturated rings. The van der Waals surface area contributed by atoms with Gasteiger partial charge in [0.05, 0.1) is 5.41 Å². The van der Waals surface area contributed by atoms with Crippen LogP contribution < -0.4 is 0 Å². The van der Waals surface area contributed by atoms with E-state index < -0.39 is 13.5 Å². The zero-order chi connectivity index (χ0) is 8.58. The summed E-state index contributed by atoms with van der Waals surface area (Å²) in [5.41, 5.74) is -0.896. The molecule has 0 amide bonds. The minimum Gasteiger partial charge on any atom is -0.481 e. The molecule has 0 aromatic carbocycles. The number of aliphatic carboxylic acids is 1. The van der Waals surface area contributed by atoms with Crippen LogP contribution in [0.25, 0.3) is 0 Å². The first-order valence-corrected chi connectivity index (χ1v) is 4.87. The highest BCUT2D eigenvalue weighted by Crippen LogP contribution is 2.49. The van der Waals surface area contributed by atoms with E-state index in [1.807, 2.05) is 0 Å². The first-order chi connectivity index (χ1) is 4.19. The number of alkyl halides is 3. The van der Waals surface area contributed by atoms with Gasteiger partial charge >= 0.3 is 5.97 Å². The van der Waals surface area contributed by atoms with Gasteiger partial charge < -0.3 is 5.11 Å². The highest BCUT2D eigenvalue weighted by atomic mass is 80.0. The summed E-state index contributed by atoms with van der Waals surface area (Å²) >= 11 is 9.46. The second-order valence-corrected chi connectivity index (χ2v) is 9.19. The van der Waals surface area contributed by atoms with Gasteiger partial charge in [-0.15, -0.1) is 0 Å². The van der Waals surface area contributed by atoms with Crippen LogP contribution in [0.3, 0.4) is 0 Å². The molecule has 0 radical (unpaired) electrons. The van der Waals surface area contributed by atoms with Crippen LogP contribution in [0.15, 0.2) is 0 Å². The molecule has 0 unspecified atom stereocenters. The molecular formula is C5H7Br3O2. The van der Waals surface area contributed by atoms with Crippen molar-refractivity contribution < 1.29 is 9.90 Å². The van der Waals surface area contributed by atoms with E-state index in [-0.39, 0.29) is 0 Å². The fourth-order valence-corrected chi connectivity index (χ4v) is 0.630. The molecule has 0 atom stereocenters. The molecule has 0 aliphatic rings. The van der Waals surface area contributed by atoms with E-state index in [2.05, 4.69) is 47.8 Å². The number of hydrogen-bond acceptors (Lipinski definition) is 1. The number of halogens is 3. The van der Waals surface area contributed by atoms with Crippen LogP contribution in [-0.4, -0.2) is 13.2 Å². The van der Waals surface area contributed by atoms with Crippen molar-refractivity contribution in [2.75, 3.05) is 0 Å². The Balaban J connectivity index is 4.57. The third-order valence-corrected chi connectivity index (χ3v) is 4.22. The van der Waals surface area contributed by atoms with Gasteiger partial charge in [-0.2, -0.15) is 0 Å². The first kappa shape index (κ1) is 10.9. The maximum atomic E-state index is 10.6. The van der Waals surface area contributed by atoms with Crippen molar-refractivity contribution in [3.63, 3.8) is 0 Å². The summed E-state index contributed by atoms with van der Waals surface area (Å²) < 4.78 is -0.744. The molecule has 60 valence electrons. The quantitative estimate of drug-likeness (QED) is 0.746. The van der Waals surface area contributed by atoms with Crippen molar-refractivity contribution in [3.05, 3.63) is 0 Å². The monoisotopic (exact) mass is 336 g/mol. The van der Waals surface area contributed by atoms with Crippen molar-refractivity contribution in [1.29, 1.82) is 0 Å². The molecule has 0 aliphatic heterocycles. The van der Waals surface area contributed by atoms with Gasteiger partial charge in [-0.25, -0.2) is 0 Å². The van der Waals surface area contributed by atoms with Crippen molar-refractivity contribution in [1.82, 2.24) is 0 Å². The fraction of sp³-hybridized carbons (Fsp3) is 0.800. The highest BCUT2D eigenvalue weighted by molar-refractivity contribution is 9.39. The summed E-state index contributed by atoms with van der Waals surface area (Å²) in [5, 5.41) is 8.69. The van der Waals surface area contributed by atoms with Crippen LogP contribution in [0.1, 0.15) is 13.8 Å². The van der Waals surface area contributed by atoms with Gasteiger partial charge in [-0.1, -0.05) is 47.8 Å². The van der Waals surface area contributed by atoms with E-state index in [1.54, 1.807) is 13.8 Å². The van der Waals surface area contributed by atoms with Gasteiger partial charge in [0.25, 0.3) is 0 Å². The molecule has 1 N–H and O–H groups in total. The maximum absolute atomic E-state index is 10.6. The molecular weight excluding hydrogens is 332 g/mol. The molecule has 0 rings (SSSR count). The van der Waals surface area contributed by atoms with Gasteiger partial charge in [0.1, 0.15) is 2.14 Å². The smallest absolute Gasteiger partial charge is 0.312 e. The Bertz CT molecular complexity index is 147. The van der Waals surface area contributed by atoms with Gasteiger partial charge in [-0.3, -0.25) is 4.79 Å². The lowest BCUT2D eigenvalue weighted by Gasteiger charge is -2.28. The van der Waals surface area contributed by atoms with E-state index in [0.717, 1.165) is 0 Å². The Morgan fingerprint density at radius 2 is 1.60 bits per heavy atom. The zero-order valence-electron chi connectivity index (χ0n) is 5.49. The molecule has 0 aliphatic carbocycles. The van der Waals surface area contributed by atoms with E-state index >= 15 is 0 Å². The topological polar surface area (TPSA) is 37.3 Å². The van der Waals surface area contributed by atoms with Crippen LogP contribution in [0.4, 0.5) is 0 Å². The van der Waals surface area contributed by atoms with E-state index in [1.165, 1.54) is 0 Å². The summed E-state index contributed by atoms with van der Waals surface area (Å²) in [5.74, 6) is -0.877. The Morgan fingerprint density at radius 3 is 1.60 bits per heavy atom. The molecule has 0 spiro atoms. The number of carbonyl (C=O) groups is 1. The second kappa shape index (κ2) is 3.11. The van der Waals surface area contributed by atoms with Gasteiger partial charge in [0, 0.05) is 0 Å². The average molecular weight is 339 g/mol. The number of carboxylic acids is 1. The Kier molecular flexibility index (Phi) is 3.39. The normalized spacial score (nSPS) is 13.3. The predicted octanol–water partition coefficient (Wildman–Crippen LogP) is 2.94. The maximum Gasteiger partial charge on any atom is 0.312 e. The summed E-state index contributed by atoms with van der Waals surface area (Å²) in [6.45, 7) is 3.21. The molecule has 0 bridgehead atoms. The zero-order valence-corrected chi connectivity index (χ0v) is 10.2. The van der Waals surface area contributed by atoms with Crippen LogP contribution in [0.5, 0.6) is 0 Å². The predicted molar refractivity (Wildman–Crippen MR) is 50.9 cm³/mol. The van der Waals surface area contributed by atoms with Gasteiger partial charge in [0.15, 0.2) is 0 Å². The van der Waals surface area contributed by atoms with Crippen molar-refractivity contribution in [2.24, 2.45) is 5.41 Å². The Hall–Kier alpha value is 0.910. The minimum absolute atomic E-state index is 0.744. The molecule has 2 nitrogen and oxygen atoms in total. The summed E-state index contributed by atoms with van der Waals surface area (Å²) in [7, 11) is 0. The van der Waals surface area contributed by atoms with Crippen LogP contribution in [0.2, 0.25) is 0 Å². The van der Waals surface area contributed by atoms with E-state index in [9.17, 15) is 4.79 Å². The molecule has 0 heterocycles. The lowest BCUT2D eigenvalue weighted by Crippen LogP contribution is -2.35. The van der Waals surface area contributed by atoms with E-state index in [4.69, 9.17) is 5.11 Å². The van der Waals surface area contributed by atoms with Gasteiger partial charge in [-0.05, 0) is 13.8 Å². The van der Waals surface area contributed by atoms with Crippen molar-refractivity contribution in [3.8, 4) is 0 Å². The van der Waals surface area contributed by atoms with Crippen LogP contribution >= 0.6 is 47.8 Å². The summed E-state index contributed by atoms with van der Waals surface area (Å²) in [6.07, 6.45) is 0. The first-order valence-electron chi connectivity index (χ1n) is 2.49. The summed E-state index contributed by atoms with van der Waals surface area (Å²) in [4.78, 5) is 10.6. The number of rotatable bonds is 1. The molecule has 0 aromatic heterocycles. The Morgan fingerprint density at radius 1 is 1.30 bits per heavy atom. The SMILES string of the molecule is CC(C)(C(=O)O)C(Br)(Br)Br. The fourth-order valence-electron chi connectivity index (χ4n) is 0.121. The average Bonchev–Trinajstić information content (AvgIpc) is 1.62. The third kappa shape index (κ3) is 2.20.